The molecule has 0 saturated heterocycles. The predicted molar refractivity (Wildman–Crippen MR) is 122 cm³/mol. The summed E-state index contributed by atoms with van der Waals surface area (Å²) in [6.07, 6.45) is 8.85. The minimum Gasteiger partial charge on any atom is -0.348 e. The molecule has 0 spiro atoms. The van der Waals surface area contributed by atoms with Crippen LogP contribution < -0.4 is 10.6 Å². The first-order valence-corrected chi connectivity index (χ1v) is 12.0. The van der Waals surface area contributed by atoms with E-state index in [-0.39, 0.29) is 5.83 Å². The van der Waals surface area contributed by atoms with Crippen LogP contribution >= 0.6 is 22.9 Å². The molecule has 3 fully saturated rings. The number of fused-ring (bicyclic) bond motifs is 4. The summed E-state index contributed by atoms with van der Waals surface area (Å²) in [5.41, 5.74) is 2.32. The van der Waals surface area contributed by atoms with E-state index >= 15 is 4.39 Å². The summed E-state index contributed by atoms with van der Waals surface area (Å²) in [5.74, 6) is 1.67. The second kappa shape index (κ2) is 7.69. The Morgan fingerprint density at radius 1 is 1.23 bits per heavy atom. The Labute approximate surface area is 188 Å². The summed E-state index contributed by atoms with van der Waals surface area (Å²) < 4.78 is 15.7. The van der Waals surface area contributed by atoms with Gasteiger partial charge in [-0.3, -0.25) is 5.32 Å². The maximum atomic E-state index is 15.7. The van der Waals surface area contributed by atoms with E-state index in [1.807, 2.05) is 17.5 Å². The first-order chi connectivity index (χ1) is 15.2. The van der Waals surface area contributed by atoms with Crippen molar-refractivity contribution in [2.75, 3.05) is 0 Å². The van der Waals surface area contributed by atoms with Gasteiger partial charge in [-0.1, -0.05) is 30.5 Å². The van der Waals surface area contributed by atoms with E-state index < -0.39 is 6.17 Å². The van der Waals surface area contributed by atoms with E-state index in [2.05, 4.69) is 30.6 Å². The highest BCUT2D eigenvalue weighted by atomic mass is 35.5. The van der Waals surface area contributed by atoms with Gasteiger partial charge in [0.05, 0.1) is 16.6 Å². The lowest BCUT2D eigenvalue weighted by molar-refractivity contribution is 0.115. The summed E-state index contributed by atoms with van der Waals surface area (Å²) in [6.45, 7) is 0. The van der Waals surface area contributed by atoms with Crippen molar-refractivity contribution in [1.29, 1.82) is 0 Å². The first-order valence-electron chi connectivity index (χ1n) is 10.7. The Morgan fingerprint density at radius 2 is 2.10 bits per heavy atom. The molecule has 160 valence electrons. The highest BCUT2D eigenvalue weighted by Crippen LogP contribution is 2.42. The summed E-state index contributed by atoms with van der Waals surface area (Å²) in [4.78, 5) is 17.3. The van der Waals surface area contributed by atoms with Crippen LogP contribution in [0.1, 0.15) is 42.5 Å². The molecule has 1 aliphatic heterocycles. The normalized spacial score (nSPS) is 28.1. The first kappa shape index (κ1) is 19.4. The molecule has 0 aromatic carbocycles. The number of hydrogen-bond acceptors (Lipinski definition) is 6. The Hall–Kier alpha value is -2.29. The molecule has 6 nitrogen and oxygen atoms in total. The van der Waals surface area contributed by atoms with Crippen LogP contribution in [0.2, 0.25) is 5.15 Å². The Kier molecular flexibility index (Phi) is 4.81. The standard InChI is InChI=1S/C22H22ClFN6S/c23-16-10-26-22-18(28-16)13(9-25-22)20-29-19(15-2-1-7-31-15)17(24)21(30-20)27-14-8-11-3-5-12(14)6-4-11/h1-2,7,9-12,14,21,27H,3-6,8H2,(H,25,26)(H,29,30). The van der Waals surface area contributed by atoms with Gasteiger partial charge in [0.1, 0.15) is 28.4 Å². The quantitative estimate of drug-likeness (QED) is 0.524. The third-order valence-corrected chi connectivity index (χ3v) is 7.83. The fraction of sp³-hybridized carbons (Fsp3) is 0.409. The van der Waals surface area contributed by atoms with Gasteiger partial charge in [-0.05, 0) is 42.5 Å². The molecular weight excluding hydrogens is 435 g/mol. The number of nitrogens with one attached hydrogen (secondary N) is 3. The number of halogens is 2. The summed E-state index contributed by atoms with van der Waals surface area (Å²) in [6, 6.07) is 4.13. The third kappa shape index (κ3) is 3.46. The van der Waals surface area contributed by atoms with Crippen LogP contribution in [0.5, 0.6) is 0 Å². The molecule has 2 atom stereocenters. The van der Waals surface area contributed by atoms with Crippen LogP contribution in [0.15, 0.2) is 40.7 Å². The van der Waals surface area contributed by atoms with Crippen LogP contribution in [0.3, 0.4) is 0 Å². The molecule has 3 aliphatic carbocycles. The molecule has 3 aromatic rings. The Balaban J connectivity index is 1.39. The van der Waals surface area contributed by atoms with Crippen LogP contribution in [-0.2, 0) is 0 Å². The van der Waals surface area contributed by atoms with Gasteiger partial charge < -0.3 is 10.3 Å². The van der Waals surface area contributed by atoms with Crippen molar-refractivity contribution in [2.45, 2.75) is 44.3 Å². The average molecular weight is 457 g/mol. The molecule has 3 aromatic heterocycles. The molecule has 2 bridgehead atoms. The van der Waals surface area contributed by atoms with E-state index in [0.29, 0.717) is 39.8 Å². The van der Waals surface area contributed by atoms with Gasteiger partial charge in [-0.2, -0.15) is 0 Å². The largest absolute Gasteiger partial charge is 0.348 e. The topological polar surface area (TPSA) is 78.0 Å². The van der Waals surface area contributed by atoms with Crippen LogP contribution in [0.25, 0.3) is 16.9 Å². The van der Waals surface area contributed by atoms with Crippen molar-refractivity contribution in [1.82, 2.24) is 25.6 Å². The molecule has 9 heteroatoms. The molecule has 3 N–H and O–H groups in total. The van der Waals surface area contributed by atoms with E-state index in [1.54, 1.807) is 6.20 Å². The lowest BCUT2D eigenvalue weighted by atomic mass is 9.68. The zero-order valence-corrected chi connectivity index (χ0v) is 18.3. The lowest BCUT2D eigenvalue weighted by Gasteiger charge is -2.44. The summed E-state index contributed by atoms with van der Waals surface area (Å²) in [7, 11) is 0. The zero-order chi connectivity index (χ0) is 20.9. The smallest absolute Gasteiger partial charge is 0.164 e. The zero-order valence-electron chi connectivity index (χ0n) is 16.7. The van der Waals surface area contributed by atoms with Crippen molar-refractivity contribution < 1.29 is 4.39 Å². The molecule has 0 radical (unpaired) electrons. The van der Waals surface area contributed by atoms with Gasteiger partial charge in [0, 0.05) is 12.2 Å². The predicted octanol–water partition coefficient (Wildman–Crippen LogP) is 4.86. The fourth-order valence-electron chi connectivity index (χ4n) is 5.22. The molecule has 3 saturated carbocycles. The second-order valence-corrected chi connectivity index (χ2v) is 9.93. The summed E-state index contributed by atoms with van der Waals surface area (Å²) in [5, 5.41) is 9.13. The highest BCUT2D eigenvalue weighted by Gasteiger charge is 2.38. The molecular formula is C22H22ClFN6S. The maximum absolute atomic E-state index is 15.7. The fourth-order valence-corrected chi connectivity index (χ4v) is 6.07. The monoisotopic (exact) mass is 456 g/mol. The molecule has 7 rings (SSSR count). The molecule has 4 aliphatic rings. The lowest BCUT2D eigenvalue weighted by Crippen LogP contribution is -2.56. The maximum Gasteiger partial charge on any atom is 0.164 e. The molecule has 31 heavy (non-hydrogen) atoms. The van der Waals surface area contributed by atoms with Gasteiger partial charge in [0.2, 0.25) is 0 Å². The molecule has 0 amide bonds. The Morgan fingerprint density at radius 3 is 2.84 bits per heavy atom. The highest BCUT2D eigenvalue weighted by molar-refractivity contribution is 7.11. The minimum absolute atomic E-state index is 0.267. The molecule has 2 unspecified atom stereocenters. The molecule has 4 heterocycles. The number of rotatable bonds is 4. The number of H-pyrrole nitrogens is 1. The van der Waals surface area contributed by atoms with Gasteiger partial charge in [-0.25, -0.2) is 19.4 Å². The van der Waals surface area contributed by atoms with Crippen LogP contribution in [0, 0.1) is 11.8 Å². The number of hydrogen-bond donors (Lipinski definition) is 3. The number of nitrogens with zero attached hydrogens (tertiary/aromatic N) is 3. The van der Waals surface area contributed by atoms with E-state index in [0.717, 1.165) is 22.8 Å². The van der Waals surface area contributed by atoms with E-state index in [1.165, 1.54) is 43.2 Å². The van der Waals surface area contributed by atoms with Crippen molar-refractivity contribution in [3.8, 4) is 0 Å². The van der Waals surface area contributed by atoms with Crippen LogP contribution in [0.4, 0.5) is 4.39 Å². The number of aliphatic imine (C=N–C) groups is 1. The van der Waals surface area contributed by atoms with E-state index in [9.17, 15) is 0 Å². The van der Waals surface area contributed by atoms with Crippen molar-refractivity contribution >= 4 is 45.6 Å². The SMILES string of the molecule is FC1=C(c2cccs2)N=C(c2c[nH]c3ncc(Cl)nc23)NC1NC1CC2CCC1CC2. The number of aromatic amines is 1. The minimum atomic E-state index is -0.633. The van der Waals surface area contributed by atoms with E-state index in [4.69, 9.17) is 11.6 Å². The summed E-state index contributed by atoms with van der Waals surface area (Å²) >= 11 is 7.57. The van der Waals surface area contributed by atoms with Gasteiger partial charge in [-0.15, -0.1) is 11.3 Å². The van der Waals surface area contributed by atoms with Gasteiger partial charge in [0.15, 0.2) is 11.5 Å². The van der Waals surface area contributed by atoms with Gasteiger partial charge >= 0.3 is 0 Å². The average Bonchev–Trinajstić information content (AvgIpc) is 3.46. The van der Waals surface area contributed by atoms with Gasteiger partial charge in [0.25, 0.3) is 0 Å². The Bertz CT molecular complexity index is 1180. The number of aromatic nitrogens is 3. The number of thiophene rings is 1. The van der Waals surface area contributed by atoms with Crippen molar-refractivity contribution in [3.63, 3.8) is 0 Å². The third-order valence-electron chi connectivity index (χ3n) is 6.77. The van der Waals surface area contributed by atoms with Crippen molar-refractivity contribution in [3.05, 3.63) is 51.3 Å². The van der Waals surface area contributed by atoms with Crippen LogP contribution in [-0.4, -0.2) is 33.0 Å². The second-order valence-electron chi connectivity index (χ2n) is 8.59. The van der Waals surface area contributed by atoms with Crippen molar-refractivity contribution in [2.24, 2.45) is 16.8 Å². The number of amidine groups is 1.